The van der Waals surface area contributed by atoms with E-state index in [0.717, 1.165) is 17.6 Å². The van der Waals surface area contributed by atoms with Crippen LogP contribution in [0, 0.1) is 11.3 Å². The summed E-state index contributed by atoms with van der Waals surface area (Å²) in [5.41, 5.74) is 4.89. The Labute approximate surface area is 222 Å². The van der Waals surface area contributed by atoms with E-state index in [0.29, 0.717) is 38.0 Å². The van der Waals surface area contributed by atoms with Gasteiger partial charge in [-0.1, -0.05) is 73.0 Å². The molecule has 5 nitrogen and oxygen atoms in total. The average molecular weight is 542 g/mol. The fraction of sp³-hybridized carbons (Fsp3) is 0.214. The maximum absolute atomic E-state index is 12.6. The summed E-state index contributed by atoms with van der Waals surface area (Å²) in [6.45, 7) is 5.66. The van der Waals surface area contributed by atoms with E-state index in [2.05, 4.69) is 18.3 Å². The standard InChI is InChI=1S/C28H26Cl2N2O3S/c1-4-18(3)12-20-8-9-21(14-22(20)17-31)28-25(29)15-23(16-26(28)30)32-27(33)13-19-6-10-24(11-7-19)36(34,35)5-2/h6-12,14-16H,4-5,13H2,1-3H3,(H,32,33)/b18-12-. The van der Waals surface area contributed by atoms with E-state index >= 15 is 0 Å². The molecule has 0 radical (unpaired) electrons. The second kappa shape index (κ2) is 11.7. The van der Waals surface area contributed by atoms with Crippen molar-refractivity contribution in [3.8, 4) is 17.2 Å². The lowest BCUT2D eigenvalue weighted by molar-refractivity contribution is -0.115. The van der Waals surface area contributed by atoms with Crippen molar-refractivity contribution in [2.24, 2.45) is 0 Å². The Balaban J connectivity index is 1.80. The van der Waals surface area contributed by atoms with E-state index in [9.17, 15) is 18.5 Å². The molecule has 0 saturated heterocycles. The highest BCUT2D eigenvalue weighted by atomic mass is 35.5. The van der Waals surface area contributed by atoms with Gasteiger partial charge in [-0.3, -0.25) is 4.79 Å². The topological polar surface area (TPSA) is 87.0 Å². The normalized spacial score (nSPS) is 11.7. The molecule has 3 rings (SSSR count). The zero-order chi connectivity index (χ0) is 26.5. The summed E-state index contributed by atoms with van der Waals surface area (Å²) in [7, 11) is -3.29. The lowest BCUT2D eigenvalue weighted by atomic mass is 9.98. The van der Waals surface area contributed by atoms with E-state index in [1.165, 1.54) is 12.1 Å². The molecule has 0 saturated carbocycles. The van der Waals surface area contributed by atoms with Crippen LogP contribution in [-0.4, -0.2) is 20.1 Å². The van der Waals surface area contributed by atoms with E-state index in [4.69, 9.17) is 23.2 Å². The number of amides is 1. The van der Waals surface area contributed by atoms with Gasteiger partial charge in [0.25, 0.3) is 0 Å². The second-order valence-corrected chi connectivity index (χ2v) is 11.4. The number of hydrogen-bond acceptors (Lipinski definition) is 4. The minimum Gasteiger partial charge on any atom is -0.326 e. The predicted molar refractivity (Wildman–Crippen MR) is 147 cm³/mol. The first kappa shape index (κ1) is 27.5. The van der Waals surface area contributed by atoms with Crippen molar-refractivity contribution in [3.63, 3.8) is 0 Å². The fourth-order valence-corrected chi connectivity index (χ4v) is 5.18. The molecule has 8 heteroatoms. The summed E-state index contributed by atoms with van der Waals surface area (Å²) in [4.78, 5) is 12.8. The fourth-order valence-electron chi connectivity index (χ4n) is 3.59. The van der Waals surface area contributed by atoms with Crippen molar-refractivity contribution in [1.82, 2.24) is 0 Å². The molecule has 0 bridgehead atoms. The van der Waals surface area contributed by atoms with E-state index in [1.807, 2.05) is 25.1 Å². The Hall–Kier alpha value is -3.11. The van der Waals surface area contributed by atoms with Crippen molar-refractivity contribution in [2.45, 2.75) is 38.5 Å². The van der Waals surface area contributed by atoms with Crippen molar-refractivity contribution < 1.29 is 13.2 Å². The van der Waals surface area contributed by atoms with Gasteiger partial charge >= 0.3 is 0 Å². The smallest absolute Gasteiger partial charge is 0.228 e. The van der Waals surface area contributed by atoms with Crippen LogP contribution in [-0.2, 0) is 21.1 Å². The number of anilines is 1. The quantitative estimate of drug-likeness (QED) is 0.324. The Bertz CT molecular complexity index is 1450. The van der Waals surface area contributed by atoms with Crippen LogP contribution < -0.4 is 5.32 Å². The highest BCUT2D eigenvalue weighted by molar-refractivity contribution is 7.91. The maximum atomic E-state index is 12.6. The van der Waals surface area contributed by atoms with Gasteiger partial charge in [-0.25, -0.2) is 8.42 Å². The monoisotopic (exact) mass is 540 g/mol. The number of carbonyl (C=O) groups is 1. The second-order valence-electron chi connectivity index (χ2n) is 8.35. The Morgan fingerprint density at radius 1 is 1.03 bits per heavy atom. The van der Waals surface area contributed by atoms with Crippen LogP contribution in [0.4, 0.5) is 5.69 Å². The van der Waals surface area contributed by atoms with Crippen LogP contribution in [0.15, 0.2) is 65.1 Å². The van der Waals surface area contributed by atoms with Gasteiger partial charge in [-0.15, -0.1) is 0 Å². The molecule has 36 heavy (non-hydrogen) atoms. The lowest BCUT2D eigenvalue weighted by Crippen LogP contribution is -2.14. The lowest BCUT2D eigenvalue weighted by Gasteiger charge is -2.13. The third-order valence-electron chi connectivity index (χ3n) is 5.78. The molecule has 0 aromatic heterocycles. The van der Waals surface area contributed by atoms with Gasteiger partial charge in [-0.05, 0) is 60.4 Å². The number of nitrogens with zero attached hydrogens (tertiary/aromatic N) is 1. The Kier molecular flexibility index (Phi) is 8.97. The van der Waals surface area contributed by atoms with Crippen LogP contribution in [0.1, 0.15) is 43.9 Å². The predicted octanol–water partition coefficient (Wildman–Crippen LogP) is 7.32. The molecular weight excluding hydrogens is 515 g/mol. The molecule has 0 heterocycles. The highest BCUT2D eigenvalue weighted by Crippen LogP contribution is 2.38. The number of nitrogens with one attached hydrogen (secondary N) is 1. The van der Waals surface area contributed by atoms with Crippen LogP contribution >= 0.6 is 23.2 Å². The third kappa shape index (κ3) is 6.55. The molecule has 0 aliphatic rings. The van der Waals surface area contributed by atoms with E-state index in [1.54, 1.807) is 37.3 Å². The van der Waals surface area contributed by atoms with Gasteiger partial charge in [0.05, 0.1) is 38.7 Å². The molecule has 3 aromatic carbocycles. The van der Waals surface area contributed by atoms with Crippen molar-refractivity contribution >= 4 is 50.7 Å². The number of rotatable bonds is 8. The van der Waals surface area contributed by atoms with Crippen molar-refractivity contribution in [2.75, 3.05) is 11.1 Å². The summed E-state index contributed by atoms with van der Waals surface area (Å²) in [5, 5.41) is 13.1. The van der Waals surface area contributed by atoms with Gasteiger partial charge in [0.1, 0.15) is 0 Å². The number of halogens is 2. The third-order valence-corrected chi connectivity index (χ3v) is 8.12. The summed E-state index contributed by atoms with van der Waals surface area (Å²) in [5.74, 6) is -0.280. The molecule has 0 fully saturated rings. The van der Waals surface area contributed by atoms with Crippen LogP contribution in [0.3, 0.4) is 0 Å². The first-order valence-corrected chi connectivity index (χ1v) is 13.8. The van der Waals surface area contributed by atoms with Crippen molar-refractivity contribution in [1.29, 1.82) is 5.26 Å². The molecule has 1 N–H and O–H groups in total. The van der Waals surface area contributed by atoms with Crippen LogP contribution in [0.5, 0.6) is 0 Å². The van der Waals surface area contributed by atoms with Crippen LogP contribution in [0.25, 0.3) is 17.2 Å². The number of sulfone groups is 1. The minimum absolute atomic E-state index is 0.0158. The first-order valence-electron chi connectivity index (χ1n) is 11.4. The largest absolute Gasteiger partial charge is 0.326 e. The highest BCUT2D eigenvalue weighted by Gasteiger charge is 2.15. The molecule has 0 unspecified atom stereocenters. The van der Waals surface area contributed by atoms with Gasteiger partial charge < -0.3 is 5.32 Å². The molecule has 0 aliphatic heterocycles. The summed E-state index contributed by atoms with van der Waals surface area (Å²) in [6.07, 6.45) is 2.94. The van der Waals surface area contributed by atoms with Gasteiger partial charge in [0.15, 0.2) is 9.84 Å². The van der Waals surface area contributed by atoms with Gasteiger partial charge in [0, 0.05) is 11.3 Å². The molecule has 0 aliphatic carbocycles. The average Bonchev–Trinajstić information content (AvgIpc) is 2.84. The summed E-state index contributed by atoms with van der Waals surface area (Å²) in [6, 6.07) is 17.2. The first-order chi connectivity index (χ1) is 17.1. The maximum Gasteiger partial charge on any atom is 0.228 e. The van der Waals surface area contributed by atoms with Gasteiger partial charge in [-0.2, -0.15) is 5.26 Å². The molecule has 0 atom stereocenters. The van der Waals surface area contributed by atoms with E-state index < -0.39 is 9.84 Å². The van der Waals surface area contributed by atoms with Crippen LogP contribution in [0.2, 0.25) is 10.0 Å². The molecule has 0 spiro atoms. The SMILES string of the molecule is CC/C(C)=C\c1ccc(-c2c(Cl)cc(NC(=O)Cc3ccc(S(=O)(=O)CC)cc3)cc2Cl)cc1C#N. The summed E-state index contributed by atoms with van der Waals surface area (Å²) >= 11 is 13.1. The number of allylic oxidation sites excluding steroid dienone is 1. The molecule has 3 aromatic rings. The van der Waals surface area contributed by atoms with Gasteiger partial charge in [0.2, 0.25) is 5.91 Å². The van der Waals surface area contributed by atoms with Crippen molar-refractivity contribution in [3.05, 3.63) is 86.9 Å². The minimum atomic E-state index is -3.29. The van der Waals surface area contributed by atoms with E-state index in [-0.39, 0.29) is 23.0 Å². The zero-order valence-corrected chi connectivity index (χ0v) is 22.6. The molecule has 1 amide bonds. The number of carbonyl (C=O) groups excluding carboxylic acids is 1. The number of nitriles is 1. The number of hydrogen-bond donors (Lipinski definition) is 1. The number of benzene rings is 3. The summed E-state index contributed by atoms with van der Waals surface area (Å²) < 4.78 is 23.9. The Morgan fingerprint density at radius 3 is 2.22 bits per heavy atom. The zero-order valence-electron chi connectivity index (χ0n) is 20.2. The molecular formula is C28H26Cl2N2O3S. The Morgan fingerprint density at radius 2 is 1.67 bits per heavy atom. The molecule has 186 valence electrons.